The zero-order valence-corrected chi connectivity index (χ0v) is 15.7. The van der Waals surface area contributed by atoms with Crippen molar-refractivity contribution >= 4 is 12.1 Å². The number of amides is 1. The van der Waals surface area contributed by atoms with Gasteiger partial charge in [-0.25, -0.2) is 9.59 Å². The number of likely N-dealkylation sites (tertiary alicyclic amines) is 1. The van der Waals surface area contributed by atoms with Crippen LogP contribution in [0.1, 0.15) is 48.7 Å². The second kappa shape index (κ2) is 6.69. The fraction of sp³-hybridized carbons (Fsp3) is 0.579. The molecule has 1 aromatic carbocycles. The Morgan fingerprint density at radius 1 is 1.37 bits per heavy atom. The molecule has 0 bridgehead atoms. The van der Waals surface area contributed by atoms with Crippen molar-refractivity contribution in [3.63, 3.8) is 0 Å². The fourth-order valence-corrected chi connectivity index (χ4v) is 3.77. The first-order chi connectivity index (χ1) is 12.6. The third-order valence-electron chi connectivity index (χ3n) is 5.17. The van der Waals surface area contributed by atoms with Crippen molar-refractivity contribution in [1.29, 1.82) is 0 Å². The molecular weight excluding hydrogens is 354 g/mol. The smallest absolute Gasteiger partial charge is 0.410 e. The summed E-state index contributed by atoms with van der Waals surface area (Å²) in [7, 11) is 0. The Morgan fingerprint density at radius 2 is 2.07 bits per heavy atom. The second-order valence-corrected chi connectivity index (χ2v) is 8.07. The van der Waals surface area contributed by atoms with Gasteiger partial charge in [-0.05, 0) is 33.3 Å². The van der Waals surface area contributed by atoms with Crippen LogP contribution in [-0.4, -0.2) is 63.7 Å². The number of carboxylic acid groups (broad SMARTS) is 1. The molecule has 0 aliphatic carbocycles. The number of rotatable bonds is 2. The van der Waals surface area contributed by atoms with Crippen molar-refractivity contribution in [1.82, 2.24) is 4.90 Å². The molecule has 3 N–H and O–H groups in total. The molecule has 3 rings (SSSR count). The predicted molar refractivity (Wildman–Crippen MR) is 94.9 cm³/mol. The van der Waals surface area contributed by atoms with Crippen LogP contribution in [0.4, 0.5) is 4.79 Å². The molecule has 1 unspecified atom stereocenters. The number of carboxylic acids is 1. The molecule has 1 saturated heterocycles. The van der Waals surface area contributed by atoms with E-state index >= 15 is 0 Å². The van der Waals surface area contributed by atoms with Gasteiger partial charge in [-0.1, -0.05) is 6.07 Å². The lowest BCUT2D eigenvalue weighted by Crippen LogP contribution is -2.56. The second-order valence-electron chi connectivity index (χ2n) is 8.07. The molecule has 27 heavy (non-hydrogen) atoms. The standard InChI is InChI=1S/C19H25NO7/c1-18(2,3)27-17(25)20-7-6-19(14(22)8-20)10-26-15-12(9-21)11(16(23)24)4-5-13(15)19/h4-5,14,21-22H,6-10H2,1-3H3,(H,23,24)/t14-,19?/m0/s1. The van der Waals surface area contributed by atoms with Crippen molar-refractivity contribution in [2.45, 2.75) is 50.9 Å². The maximum Gasteiger partial charge on any atom is 0.410 e. The molecule has 2 aliphatic heterocycles. The highest BCUT2D eigenvalue weighted by Crippen LogP contribution is 2.48. The van der Waals surface area contributed by atoms with Crippen LogP contribution >= 0.6 is 0 Å². The summed E-state index contributed by atoms with van der Waals surface area (Å²) in [6.07, 6.45) is -0.937. The average molecular weight is 379 g/mol. The van der Waals surface area contributed by atoms with E-state index in [1.165, 1.54) is 11.0 Å². The molecule has 0 radical (unpaired) electrons. The maximum absolute atomic E-state index is 12.3. The van der Waals surface area contributed by atoms with E-state index in [0.29, 0.717) is 24.3 Å². The van der Waals surface area contributed by atoms with Gasteiger partial charge in [0.25, 0.3) is 0 Å². The van der Waals surface area contributed by atoms with Gasteiger partial charge in [0, 0.05) is 17.7 Å². The lowest BCUT2D eigenvalue weighted by atomic mass is 9.72. The first kappa shape index (κ1) is 19.4. The zero-order valence-electron chi connectivity index (χ0n) is 15.7. The Hall–Kier alpha value is -2.32. The van der Waals surface area contributed by atoms with E-state index in [4.69, 9.17) is 9.47 Å². The monoisotopic (exact) mass is 379 g/mol. The summed E-state index contributed by atoms with van der Waals surface area (Å²) < 4.78 is 11.1. The number of nitrogens with zero attached hydrogens (tertiary/aromatic N) is 1. The van der Waals surface area contributed by atoms with Crippen LogP contribution in [0.15, 0.2) is 12.1 Å². The summed E-state index contributed by atoms with van der Waals surface area (Å²) in [6, 6.07) is 3.06. The first-order valence-electron chi connectivity index (χ1n) is 8.88. The molecule has 1 amide bonds. The van der Waals surface area contributed by atoms with Crippen molar-refractivity contribution in [2.24, 2.45) is 0 Å². The largest absolute Gasteiger partial charge is 0.492 e. The Bertz CT molecular complexity index is 770. The van der Waals surface area contributed by atoms with Gasteiger partial charge in [-0.3, -0.25) is 0 Å². The molecule has 2 atom stereocenters. The molecule has 8 heteroatoms. The number of fused-ring (bicyclic) bond motifs is 2. The van der Waals surface area contributed by atoms with Crippen LogP contribution in [0.5, 0.6) is 5.75 Å². The van der Waals surface area contributed by atoms with E-state index in [1.807, 2.05) is 0 Å². The van der Waals surface area contributed by atoms with Crippen LogP contribution in [-0.2, 0) is 16.8 Å². The molecule has 148 valence electrons. The van der Waals surface area contributed by atoms with Crippen LogP contribution in [0.2, 0.25) is 0 Å². The third-order valence-corrected chi connectivity index (χ3v) is 5.17. The minimum absolute atomic E-state index is 0.0195. The minimum Gasteiger partial charge on any atom is -0.492 e. The number of carbonyl (C=O) groups is 2. The van der Waals surface area contributed by atoms with E-state index in [1.54, 1.807) is 26.8 Å². The van der Waals surface area contributed by atoms with E-state index in [9.17, 15) is 24.9 Å². The molecule has 0 aromatic heterocycles. The third kappa shape index (κ3) is 3.35. The van der Waals surface area contributed by atoms with Crippen LogP contribution in [0.3, 0.4) is 0 Å². The Kier molecular flexibility index (Phi) is 4.81. The number of hydrogen-bond acceptors (Lipinski definition) is 6. The first-order valence-corrected chi connectivity index (χ1v) is 8.88. The number of aliphatic hydroxyl groups is 2. The van der Waals surface area contributed by atoms with Gasteiger partial charge in [0.15, 0.2) is 0 Å². The number of piperidine rings is 1. The van der Waals surface area contributed by atoms with Crippen LogP contribution in [0.25, 0.3) is 0 Å². The van der Waals surface area contributed by atoms with Gasteiger partial charge in [-0.15, -0.1) is 0 Å². The summed E-state index contributed by atoms with van der Waals surface area (Å²) in [5.74, 6) is -0.825. The van der Waals surface area contributed by atoms with E-state index in [2.05, 4.69) is 0 Å². The van der Waals surface area contributed by atoms with Gasteiger partial charge in [0.1, 0.15) is 18.0 Å². The molecule has 2 aliphatic rings. The van der Waals surface area contributed by atoms with Gasteiger partial charge < -0.3 is 29.7 Å². The topological polar surface area (TPSA) is 117 Å². The molecule has 1 fully saturated rings. The molecular formula is C19H25NO7. The van der Waals surface area contributed by atoms with Crippen molar-refractivity contribution in [3.8, 4) is 5.75 Å². The molecule has 0 saturated carbocycles. The number of benzene rings is 1. The number of carbonyl (C=O) groups excluding carboxylic acids is 1. The Balaban J connectivity index is 1.87. The van der Waals surface area contributed by atoms with E-state index < -0.39 is 35.8 Å². The molecule has 8 nitrogen and oxygen atoms in total. The van der Waals surface area contributed by atoms with Gasteiger partial charge in [0.05, 0.1) is 30.2 Å². The van der Waals surface area contributed by atoms with Crippen molar-refractivity contribution in [3.05, 3.63) is 28.8 Å². The molecule has 1 spiro atoms. The number of ether oxygens (including phenoxy) is 2. The summed E-state index contributed by atoms with van der Waals surface area (Å²) in [5.41, 5.74) is -0.501. The van der Waals surface area contributed by atoms with Crippen LogP contribution in [0, 0.1) is 0 Å². The summed E-state index contributed by atoms with van der Waals surface area (Å²) in [6.45, 7) is 5.51. The van der Waals surface area contributed by atoms with E-state index in [0.717, 1.165) is 0 Å². The lowest BCUT2D eigenvalue weighted by molar-refractivity contribution is -0.0281. The summed E-state index contributed by atoms with van der Waals surface area (Å²) >= 11 is 0. The number of aromatic carboxylic acids is 1. The van der Waals surface area contributed by atoms with E-state index in [-0.39, 0.29) is 24.3 Å². The summed E-state index contributed by atoms with van der Waals surface area (Å²) in [5, 5.41) is 29.8. The fourth-order valence-electron chi connectivity index (χ4n) is 3.77. The highest BCUT2D eigenvalue weighted by Gasteiger charge is 2.51. The SMILES string of the molecule is CC(C)(C)OC(=O)N1CCC2(COc3c2ccc(C(=O)O)c3CO)[C@@H](O)C1. The quantitative estimate of drug-likeness (QED) is 0.713. The lowest BCUT2D eigenvalue weighted by Gasteiger charge is -2.42. The number of hydrogen-bond donors (Lipinski definition) is 3. The number of aliphatic hydroxyl groups excluding tert-OH is 2. The predicted octanol–water partition coefficient (Wildman–Crippen LogP) is 1.51. The van der Waals surface area contributed by atoms with Crippen molar-refractivity contribution in [2.75, 3.05) is 19.7 Å². The highest BCUT2D eigenvalue weighted by atomic mass is 16.6. The van der Waals surface area contributed by atoms with Gasteiger partial charge in [0.2, 0.25) is 0 Å². The van der Waals surface area contributed by atoms with Crippen molar-refractivity contribution < 1.29 is 34.4 Å². The van der Waals surface area contributed by atoms with Crippen LogP contribution < -0.4 is 4.74 Å². The Morgan fingerprint density at radius 3 is 2.63 bits per heavy atom. The normalized spacial score (nSPS) is 24.5. The molecule has 2 heterocycles. The highest BCUT2D eigenvalue weighted by molar-refractivity contribution is 5.90. The number of β-amino-alcohol motifs (C(OH)–C–C–N with tert-alkyl or cyclic N) is 1. The minimum atomic E-state index is -1.15. The average Bonchev–Trinajstić information content (AvgIpc) is 2.94. The summed E-state index contributed by atoms with van der Waals surface area (Å²) in [4.78, 5) is 25.1. The Labute approximate surface area is 157 Å². The van der Waals surface area contributed by atoms with Gasteiger partial charge >= 0.3 is 12.1 Å². The van der Waals surface area contributed by atoms with Gasteiger partial charge in [-0.2, -0.15) is 0 Å². The zero-order chi connectivity index (χ0) is 20.0. The maximum atomic E-state index is 12.3. The molecule has 1 aromatic rings.